The highest BCUT2D eigenvalue weighted by Gasteiger charge is 2.32. The summed E-state index contributed by atoms with van der Waals surface area (Å²) in [7, 11) is -3.54. The molecule has 0 bridgehead atoms. The zero-order valence-corrected chi connectivity index (χ0v) is 12.5. The van der Waals surface area contributed by atoms with Crippen LogP contribution in [0.1, 0.15) is 26.7 Å². The molecular weight excluding hydrogens is 286 g/mol. The smallest absolute Gasteiger partial charge is 0.326 e. The highest BCUT2D eigenvalue weighted by atomic mass is 32.2. The predicted octanol–water partition coefficient (Wildman–Crippen LogP) is -0.194. The van der Waals surface area contributed by atoms with Gasteiger partial charge in [-0.05, 0) is 26.7 Å². The van der Waals surface area contributed by atoms with E-state index in [1.807, 2.05) is 0 Å². The molecule has 1 aliphatic rings. The number of hydrogen-bond donors (Lipinski definition) is 2. The lowest BCUT2D eigenvalue weighted by molar-refractivity contribution is -0.144. The molecule has 0 radical (unpaired) electrons. The fourth-order valence-corrected chi connectivity index (χ4v) is 2.76. The van der Waals surface area contributed by atoms with Crippen LogP contribution in [-0.4, -0.2) is 55.7 Å². The third-order valence-electron chi connectivity index (χ3n) is 3.30. The van der Waals surface area contributed by atoms with E-state index in [9.17, 15) is 18.0 Å². The molecule has 116 valence electrons. The summed E-state index contributed by atoms with van der Waals surface area (Å²) in [6, 6.07) is -1.11. The molecule has 0 aromatic rings. The van der Waals surface area contributed by atoms with Crippen molar-refractivity contribution >= 4 is 21.7 Å². The van der Waals surface area contributed by atoms with Crippen LogP contribution in [0.25, 0.3) is 0 Å². The summed E-state index contributed by atoms with van der Waals surface area (Å²) in [5.41, 5.74) is 0. The van der Waals surface area contributed by atoms with Crippen LogP contribution in [0.3, 0.4) is 0 Å². The number of carbonyl (C=O) groups excluding carboxylic acids is 1. The minimum absolute atomic E-state index is 0.258. The molecule has 0 aliphatic carbocycles. The summed E-state index contributed by atoms with van der Waals surface area (Å²) >= 11 is 0. The largest absolute Gasteiger partial charge is 0.480 e. The number of ether oxygens (including phenoxy) is 1. The molecule has 0 aromatic heterocycles. The number of carboxylic acid groups (broad SMARTS) is 1. The van der Waals surface area contributed by atoms with Gasteiger partial charge in [0, 0.05) is 12.5 Å². The van der Waals surface area contributed by atoms with Crippen molar-refractivity contribution in [3.8, 4) is 0 Å². The Morgan fingerprint density at radius 2 is 2.05 bits per heavy atom. The van der Waals surface area contributed by atoms with E-state index >= 15 is 0 Å². The Hall–Kier alpha value is -1.15. The van der Waals surface area contributed by atoms with Crippen LogP contribution >= 0.6 is 0 Å². The summed E-state index contributed by atoms with van der Waals surface area (Å²) < 4.78 is 28.5. The summed E-state index contributed by atoms with van der Waals surface area (Å²) in [6.07, 6.45) is 1.36. The van der Waals surface area contributed by atoms with Crippen molar-refractivity contribution < 1.29 is 27.9 Å². The molecule has 1 fully saturated rings. The van der Waals surface area contributed by atoms with E-state index in [1.165, 1.54) is 13.8 Å². The monoisotopic (exact) mass is 307 g/mol. The molecular formula is C12H21NO6S. The number of nitrogens with one attached hydrogen (secondary N) is 1. The van der Waals surface area contributed by atoms with Gasteiger partial charge in [0.2, 0.25) is 5.91 Å². The molecule has 20 heavy (non-hydrogen) atoms. The molecule has 1 heterocycles. The highest BCUT2D eigenvalue weighted by Crippen LogP contribution is 2.18. The molecule has 0 saturated carbocycles. The molecule has 1 aliphatic heterocycles. The first-order valence-corrected chi connectivity index (χ1v) is 8.27. The highest BCUT2D eigenvalue weighted by molar-refractivity contribution is 7.92. The van der Waals surface area contributed by atoms with Crippen molar-refractivity contribution in [1.29, 1.82) is 0 Å². The van der Waals surface area contributed by atoms with E-state index in [4.69, 9.17) is 9.84 Å². The predicted molar refractivity (Wildman–Crippen MR) is 72.0 cm³/mol. The molecule has 2 atom stereocenters. The van der Waals surface area contributed by atoms with Gasteiger partial charge in [-0.2, -0.15) is 0 Å². The number of carboxylic acids is 1. The minimum atomic E-state index is -3.54. The summed E-state index contributed by atoms with van der Waals surface area (Å²) in [4.78, 5) is 22.9. The Kier molecular flexibility index (Phi) is 5.94. The Labute approximate surface area is 118 Å². The van der Waals surface area contributed by atoms with E-state index in [1.54, 1.807) is 0 Å². The van der Waals surface area contributed by atoms with Gasteiger partial charge in [-0.3, -0.25) is 4.79 Å². The lowest BCUT2D eigenvalue weighted by atomic mass is 9.94. The third kappa shape index (κ3) is 4.75. The van der Waals surface area contributed by atoms with Crippen molar-refractivity contribution in [2.45, 2.75) is 38.0 Å². The van der Waals surface area contributed by atoms with E-state index in [0.717, 1.165) is 6.42 Å². The minimum Gasteiger partial charge on any atom is -0.480 e. The van der Waals surface area contributed by atoms with Crippen molar-refractivity contribution in [3.63, 3.8) is 0 Å². The van der Waals surface area contributed by atoms with E-state index < -0.39 is 38.8 Å². The second-order valence-corrected chi connectivity index (χ2v) is 7.77. The number of hydrogen-bond acceptors (Lipinski definition) is 5. The molecule has 7 nitrogen and oxygen atoms in total. The van der Waals surface area contributed by atoms with Gasteiger partial charge in [-0.25, -0.2) is 13.2 Å². The van der Waals surface area contributed by atoms with E-state index in [-0.39, 0.29) is 12.5 Å². The van der Waals surface area contributed by atoms with Crippen LogP contribution in [0, 0.1) is 5.92 Å². The summed E-state index contributed by atoms with van der Waals surface area (Å²) in [5.74, 6) is -2.97. The zero-order chi connectivity index (χ0) is 15.3. The Morgan fingerprint density at radius 3 is 2.50 bits per heavy atom. The van der Waals surface area contributed by atoms with Crippen molar-refractivity contribution in [1.82, 2.24) is 5.32 Å². The quantitative estimate of drug-likeness (QED) is 0.703. The van der Waals surface area contributed by atoms with Crippen LogP contribution in [0.2, 0.25) is 0 Å². The lowest BCUT2D eigenvalue weighted by Crippen LogP contribution is -2.50. The molecule has 8 heteroatoms. The average Bonchev–Trinajstić information content (AvgIpc) is 2.36. The fourth-order valence-electron chi connectivity index (χ4n) is 1.97. The summed E-state index contributed by atoms with van der Waals surface area (Å²) in [5, 5.41) is 10.8. The number of carbonyl (C=O) groups is 2. The maximum Gasteiger partial charge on any atom is 0.326 e. The van der Waals surface area contributed by atoms with Crippen LogP contribution in [-0.2, 0) is 24.2 Å². The Bertz CT molecular complexity index is 453. The van der Waals surface area contributed by atoms with Gasteiger partial charge >= 0.3 is 5.97 Å². The zero-order valence-electron chi connectivity index (χ0n) is 11.7. The van der Waals surface area contributed by atoms with Gasteiger partial charge < -0.3 is 15.2 Å². The van der Waals surface area contributed by atoms with Gasteiger partial charge in [-0.1, -0.05) is 0 Å². The molecule has 2 unspecified atom stereocenters. The number of amides is 1. The maximum atomic E-state index is 11.7. The van der Waals surface area contributed by atoms with Gasteiger partial charge in [0.15, 0.2) is 9.84 Å². The van der Waals surface area contributed by atoms with Crippen molar-refractivity contribution in [2.24, 2.45) is 5.92 Å². The van der Waals surface area contributed by atoms with Gasteiger partial charge in [0.1, 0.15) is 11.8 Å². The number of rotatable bonds is 6. The lowest BCUT2D eigenvalue weighted by Gasteiger charge is -2.28. The molecule has 1 rings (SSSR count). The van der Waals surface area contributed by atoms with Gasteiger partial charge in [-0.15, -0.1) is 0 Å². The Morgan fingerprint density at radius 1 is 1.40 bits per heavy atom. The first-order valence-electron chi connectivity index (χ1n) is 6.55. The van der Waals surface area contributed by atoms with E-state index in [2.05, 4.69) is 5.32 Å². The molecule has 0 aromatic carbocycles. The third-order valence-corrected chi connectivity index (χ3v) is 5.40. The van der Waals surface area contributed by atoms with Crippen molar-refractivity contribution in [2.75, 3.05) is 19.0 Å². The normalized spacial score (nSPS) is 21.4. The second kappa shape index (κ2) is 7.03. The average molecular weight is 307 g/mol. The van der Waals surface area contributed by atoms with E-state index in [0.29, 0.717) is 13.0 Å². The molecule has 1 saturated heterocycles. The number of aliphatic carboxylic acids is 1. The van der Waals surface area contributed by atoms with Gasteiger partial charge in [0.25, 0.3) is 0 Å². The van der Waals surface area contributed by atoms with Crippen LogP contribution in [0.15, 0.2) is 0 Å². The summed E-state index contributed by atoms with van der Waals surface area (Å²) in [6.45, 7) is 3.80. The van der Waals surface area contributed by atoms with Crippen LogP contribution < -0.4 is 5.32 Å². The SMILES string of the molecule is CC(C)S(=O)(=O)CC(=O)NC(C(=O)O)C1CCCOC1. The molecule has 1 amide bonds. The Balaban J connectivity index is 2.66. The van der Waals surface area contributed by atoms with Crippen LogP contribution in [0.5, 0.6) is 0 Å². The maximum absolute atomic E-state index is 11.7. The fraction of sp³-hybridized carbons (Fsp3) is 0.833. The standard InChI is InChI=1S/C12H21NO6S/c1-8(2)20(17,18)7-10(14)13-11(12(15)16)9-4-3-5-19-6-9/h8-9,11H,3-7H2,1-2H3,(H,13,14)(H,15,16). The first kappa shape index (κ1) is 16.9. The molecule has 2 N–H and O–H groups in total. The molecule has 0 spiro atoms. The van der Waals surface area contributed by atoms with Crippen molar-refractivity contribution in [3.05, 3.63) is 0 Å². The topological polar surface area (TPSA) is 110 Å². The van der Waals surface area contributed by atoms with Gasteiger partial charge in [0.05, 0.1) is 11.9 Å². The second-order valence-electron chi connectivity index (χ2n) is 5.22. The number of sulfone groups is 1. The van der Waals surface area contributed by atoms with Crippen LogP contribution in [0.4, 0.5) is 0 Å². The first-order chi connectivity index (χ1) is 9.24.